The van der Waals surface area contributed by atoms with Crippen molar-refractivity contribution in [2.24, 2.45) is 0 Å². The molecule has 7 nitrogen and oxygen atoms in total. The summed E-state index contributed by atoms with van der Waals surface area (Å²) in [7, 11) is 1.33. The van der Waals surface area contributed by atoms with E-state index >= 15 is 0 Å². The lowest BCUT2D eigenvalue weighted by molar-refractivity contribution is 0.0606. The lowest BCUT2D eigenvalue weighted by Crippen LogP contribution is -2.36. The van der Waals surface area contributed by atoms with Crippen molar-refractivity contribution in [2.75, 3.05) is 7.11 Å². The van der Waals surface area contributed by atoms with Gasteiger partial charge in [0.25, 0.3) is 0 Å². The summed E-state index contributed by atoms with van der Waals surface area (Å²) in [6.07, 6.45) is 4.17. The highest BCUT2D eigenvalue weighted by Gasteiger charge is 2.39. The second kappa shape index (κ2) is 6.39. The van der Waals surface area contributed by atoms with Crippen molar-refractivity contribution in [1.82, 2.24) is 14.6 Å². The molecule has 1 saturated carbocycles. The maximum absolute atomic E-state index is 11.7. The number of carbonyl (C=O) groups excluding carboxylic acids is 2. The molecule has 0 N–H and O–H groups in total. The van der Waals surface area contributed by atoms with Gasteiger partial charge in [0, 0.05) is 11.6 Å². The molecule has 0 bridgehead atoms. The first-order chi connectivity index (χ1) is 12.7. The summed E-state index contributed by atoms with van der Waals surface area (Å²) in [6.45, 7) is -0.307. The Kier molecular flexibility index (Phi) is 4.05. The smallest absolute Gasteiger partial charge is 0.348 e. The Bertz CT molecular complexity index is 1060. The van der Waals surface area contributed by atoms with Crippen molar-refractivity contribution >= 4 is 41.5 Å². The number of hydrogen-bond acceptors (Lipinski definition) is 7. The summed E-state index contributed by atoms with van der Waals surface area (Å²) in [4.78, 5) is 28.8. The Morgan fingerprint density at radius 2 is 2.31 bits per heavy atom. The molecule has 3 heterocycles. The minimum atomic E-state index is -0.409. The number of esters is 1. The molecule has 1 fully saturated rings. The van der Waals surface area contributed by atoms with E-state index in [1.165, 1.54) is 24.6 Å². The second-order valence-electron chi connectivity index (χ2n) is 6.12. The number of methoxy groups -OCH3 is 1. The van der Waals surface area contributed by atoms with Crippen molar-refractivity contribution in [3.05, 3.63) is 34.8 Å². The number of carbonyl (C=O) groups is 2. The van der Waals surface area contributed by atoms with Crippen molar-refractivity contribution in [3.8, 4) is 16.5 Å². The van der Waals surface area contributed by atoms with Gasteiger partial charge in [0.05, 0.1) is 29.4 Å². The summed E-state index contributed by atoms with van der Waals surface area (Å²) in [5.41, 5.74) is 2.11. The Morgan fingerprint density at radius 3 is 2.96 bits per heavy atom. The third-order valence-corrected chi connectivity index (χ3v) is 5.54. The average Bonchev–Trinajstić information content (AvgIpc) is 3.22. The number of nitrogens with zero attached hydrogens (tertiary/aromatic N) is 4. The molecule has 3 aromatic heterocycles. The molecule has 128 valence electrons. The molecular weight excluding hydrogens is 351 g/mol. The van der Waals surface area contributed by atoms with Gasteiger partial charge in [0.2, 0.25) is 0 Å². The van der Waals surface area contributed by atoms with Gasteiger partial charge in [-0.3, -0.25) is 4.79 Å². The highest BCUT2D eigenvalue weighted by atomic mass is 32.1. The molecule has 1 aliphatic carbocycles. The van der Waals surface area contributed by atoms with Gasteiger partial charge in [-0.1, -0.05) is 12.8 Å². The van der Waals surface area contributed by atoms with Crippen LogP contribution in [0.1, 0.15) is 32.9 Å². The molecule has 0 spiro atoms. The number of hydrogen-bond donors (Lipinski definition) is 0. The second-order valence-corrected chi connectivity index (χ2v) is 7.20. The quantitative estimate of drug-likeness (QED) is 0.390. The third-order valence-electron chi connectivity index (χ3n) is 4.45. The Balaban J connectivity index is 1.90. The molecule has 0 atom stereocenters. The summed E-state index contributed by atoms with van der Waals surface area (Å²) in [5.74, 6) is 2.26. The molecule has 9 heteroatoms. The number of fused-ring (bicyclic) bond motifs is 1. The van der Waals surface area contributed by atoms with E-state index in [0.717, 1.165) is 23.3 Å². The minimum absolute atomic E-state index is 0.302. The number of thiophene rings is 1. The normalized spacial score (nSPS) is 13.4. The molecule has 0 amide bonds. The van der Waals surface area contributed by atoms with E-state index in [4.69, 9.17) is 4.74 Å². The topological polar surface area (TPSA) is 97.4 Å². The van der Waals surface area contributed by atoms with Crippen LogP contribution >= 0.6 is 11.3 Å². The van der Waals surface area contributed by atoms with Crippen LogP contribution in [-0.2, 0) is 4.74 Å². The predicted octanol–water partition coefficient (Wildman–Crippen LogP) is 1.99. The average molecular weight is 364 g/mol. The number of ether oxygens (including phenoxy) is 1. The van der Waals surface area contributed by atoms with Crippen molar-refractivity contribution < 1.29 is 14.3 Å². The van der Waals surface area contributed by atoms with E-state index in [2.05, 4.69) is 16.1 Å². The minimum Gasteiger partial charge on any atom is -0.465 e. The first kappa shape index (κ1) is 16.5. The zero-order valence-corrected chi connectivity index (χ0v) is 14.7. The van der Waals surface area contributed by atoms with E-state index in [-0.39, 0.29) is 6.71 Å². The first-order valence-corrected chi connectivity index (χ1v) is 8.90. The summed E-state index contributed by atoms with van der Waals surface area (Å²) in [5, 5.41) is 13.9. The SMILES string of the molecule is COC(=O)c1ccc(-c2cc(B(C#N)C3CC3)n3ncc(C=O)c3n2)s1. The molecule has 0 radical (unpaired) electrons. The summed E-state index contributed by atoms with van der Waals surface area (Å²) in [6, 6.07) is 5.29. The van der Waals surface area contributed by atoms with E-state index in [1.807, 2.05) is 6.07 Å². The van der Waals surface area contributed by atoms with Crippen LogP contribution in [0.25, 0.3) is 16.2 Å². The van der Waals surface area contributed by atoms with Crippen LogP contribution < -0.4 is 5.59 Å². The standard InChI is InChI=1S/C17H13BN4O3S/c1-25-17(24)14-5-4-13(26-14)12-6-15(18(9-19)11-2-3-11)22-16(21-12)10(8-23)7-20-22/h4-8,11H,2-3H2,1H3. The third kappa shape index (κ3) is 2.68. The van der Waals surface area contributed by atoms with E-state index in [0.29, 0.717) is 33.9 Å². The zero-order chi connectivity index (χ0) is 18.3. The molecule has 1 aliphatic rings. The largest absolute Gasteiger partial charge is 0.465 e. The van der Waals surface area contributed by atoms with Gasteiger partial charge in [-0.2, -0.15) is 5.10 Å². The number of nitriles is 1. The van der Waals surface area contributed by atoms with Crippen LogP contribution in [-0.4, -0.2) is 40.7 Å². The monoisotopic (exact) mass is 364 g/mol. The fraction of sp³-hybridized carbons (Fsp3) is 0.235. The Labute approximate surface area is 153 Å². The van der Waals surface area contributed by atoms with Crippen LogP contribution in [0.4, 0.5) is 0 Å². The Hall–Kier alpha value is -2.99. The van der Waals surface area contributed by atoms with Gasteiger partial charge in [-0.05, 0) is 24.0 Å². The van der Waals surface area contributed by atoms with Gasteiger partial charge >= 0.3 is 12.7 Å². The maximum atomic E-state index is 11.7. The van der Waals surface area contributed by atoms with Crippen LogP contribution in [0.3, 0.4) is 0 Å². The van der Waals surface area contributed by atoms with E-state index < -0.39 is 5.97 Å². The number of rotatable bonds is 5. The molecule has 26 heavy (non-hydrogen) atoms. The highest BCUT2D eigenvalue weighted by molar-refractivity contribution is 7.17. The zero-order valence-electron chi connectivity index (χ0n) is 13.9. The number of aldehydes is 1. The maximum Gasteiger partial charge on any atom is 0.348 e. The van der Waals surface area contributed by atoms with Crippen molar-refractivity contribution in [1.29, 1.82) is 5.26 Å². The molecule has 0 aromatic carbocycles. The molecular formula is C17H13BN4O3S. The van der Waals surface area contributed by atoms with E-state index in [1.54, 1.807) is 16.6 Å². The molecule has 4 rings (SSSR count). The predicted molar refractivity (Wildman–Crippen MR) is 97.0 cm³/mol. The van der Waals surface area contributed by atoms with Crippen molar-refractivity contribution in [2.45, 2.75) is 18.7 Å². The van der Waals surface area contributed by atoms with Crippen LogP contribution in [0.15, 0.2) is 24.4 Å². The fourth-order valence-electron chi connectivity index (χ4n) is 2.96. The molecule has 0 saturated heterocycles. The molecule has 0 unspecified atom stereocenters. The fourth-order valence-corrected chi connectivity index (χ4v) is 3.85. The van der Waals surface area contributed by atoms with Gasteiger partial charge < -0.3 is 4.74 Å². The summed E-state index contributed by atoms with van der Waals surface area (Å²) >= 11 is 1.26. The van der Waals surface area contributed by atoms with Crippen LogP contribution in [0.5, 0.6) is 0 Å². The molecule has 3 aromatic rings. The number of aromatic nitrogens is 3. The van der Waals surface area contributed by atoms with Gasteiger partial charge in [0.15, 0.2) is 11.9 Å². The highest BCUT2D eigenvalue weighted by Crippen LogP contribution is 2.39. The Morgan fingerprint density at radius 1 is 1.50 bits per heavy atom. The van der Waals surface area contributed by atoms with Gasteiger partial charge in [-0.25, -0.2) is 19.6 Å². The van der Waals surface area contributed by atoms with Crippen LogP contribution in [0.2, 0.25) is 5.82 Å². The van der Waals surface area contributed by atoms with Gasteiger partial charge in [-0.15, -0.1) is 11.3 Å². The lowest BCUT2D eigenvalue weighted by atomic mass is 9.44. The lowest BCUT2D eigenvalue weighted by Gasteiger charge is -2.09. The van der Waals surface area contributed by atoms with Gasteiger partial charge in [0.1, 0.15) is 4.88 Å². The van der Waals surface area contributed by atoms with Crippen LogP contribution in [0, 0.1) is 11.2 Å². The van der Waals surface area contributed by atoms with E-state index in [9.17, 15) is 14.9 Å². The first-order valence-electron chi connectivity index (χ1n) is 8.08. The van der Waals surface area contributed by atoms with Crippen molar-refractivity contribution in [3.63, 3.8) is 0 Å². The molecule has 0 aliphatic heterocycles. The summed E-state index contributed by atoms with van der Waals surface area (Å²) < 4.78 is 6.32.